The van der Waals surface area contributed by atoms with Gasteiger partial charge in [-0.3, -0.25) is 9.59 Å². The molecule has 0 aliphatic carbocycles. The van der Waals surface area contributed by atoms with Crippen LogP contribution in [0, 0.1) is 19.8 Å². The molecule has 164 valence electrons. The Morgan fingerprint density at radius 1 is 1.06 bits per heavy atom. The van der Waals surface area contributed by atoms with E-state index in [1.165, 1.54) is 0 Å². The number of morpholine rings is 1. The first-order valence-electron chi connectivity index (χ1n) is 11.0. The zero-order valence-corrected chi connectivity index (χ0v) is 18.6. The van der Waals surface area contributed by atoms with Crippen molar-refractivity contribution in [1.29, 1.82) is 0 Å². The fourth-order valence-electron chi connectivity index (χ4n) is 4.54. The number of para-hydroxylation sites is 1. The Hall–Kier alpha value is -2.86. The van der Waals surface area contributed by atoms with E-state index in [9.17, 15) is 9.59 Å². The molecule has 2 saturated heterocycles. The number of aryl methyl sites for hydroxylation is 1. The SMILES string of the molecule is Cc1cccc(N2CC(C(=O)N(C)Cc3ccccc3N3CCOCC3)CC2=O)c1C. The number of ether oxygens (including phenoxy) is 1. The normalized spacial score (nSPS) is 19.1. The van der Waals surface area contributed by atoms with E-state index in [-0.39, 0.29) is 24.2 Å². The lowest BCUT2D eigenvalue weighted by atomic mass is 10.1. The summed E-state index contributed by atoms with van der Waals surface area (Å²) in [6.07, 6.45) is 0.266. The molecular weight excluding hydrogens is 390 g/mol. The largest absolute Gasteiger partial charge is 0.378 e. The van der Waals surface area contributed by atoms with Gasteiger partial charge in [0.1, 0.15) is 0 Å². The fourth-order valence-corrected chi connectivity index (χ4v) is 4.54. The Kier molecular flexibility index (Phi) is 6.28. The van der Waals surface area contributed by atoms with Gasteiger partial charge in [-0.25, -0.2) is 0 Å². The molecule has 2 fully saturated rings. The van der Waals surface area contributed by atoms with Crippen molar-refractivity contribution in [3.8, 4) is 0 Å². The molecule has 31 heavy (non-hydrogen) atoms. The summed E-state index contributed by atoms with van der Waals surface area (Å²) >= 11 is 0. The van der Waals surface area contributed by atoms with E-state index in [0.29, 0.717) is 13.1 Å². The molecule has 0 aromatic heterocycles. The molecule has 6 nitrogen and oxygen atoms in total. The van der Waals surface area contributed by atoms with Crippen LogP contribution in [-0.4, -0.2) is 56.6 Å². The molecule has 0 bridgehead atoms. The fraction of sp³-hybridized carbons (Fsp3) is 0.440. The van der Waals surface area contributed by atoms with Crippen molar-refractivity contribution in [2.24, 2.45) is 5.92 Å². The topological polar surface area (TPSA) is 53.1 Å². The van der Waals surface area contributed by atoms with Gasteiger partial charge in [0.25, 0.3) is 0 Å². The molecule has 0 spiro atoms. The van der Waals surface area contributed by atoms with Gasteiger partial charge in [-0.2, -0.15) is 0 Å². The molecule has 2 aliphatic rings. The van der Waals surface area contributed by atoms with Gasteiger partial charge in [0.2, 0.25) is 11.8 Å². The van der Waals surface area contributed by atoms with Crippen LogP contribution in [0.15, 0.2) is 42.5 Å². The van der Waals surface area contributed by atoms with E-state index in [0.717, 1.165) is 54.4 Å². The van der Waals surface area contributed by atoms with E-state index < -0.39 is 0 Å². The van der Waals surface area contributed by atoms with Crippen LogP contribution >= 0.6 is 0 Å². The number of hydrogen-bond donors (Lipinski definition) is 0. The highest BCUT2D eigenvalue weighted by Crippen LogP contribution is 2.31. The lowest BCUT2D eigenvalue weighted by molar-refractivity contribution is -0.135. The van der Waals surface area contributed by atoms with Gasteiger partial charge in [-0.15, -0.1) is 0 Å². The summed E-state index contributed by atoms with van der Waals surface area (Å²) in [5.74, 6) is -0.264. The Morgan fingerprint density at radius 3 is 2.55 bits per heavy atom. The number of benzene rings is 2. The van der Waals surface area contributed by atoms with Crippen LogP contribution in [0.25, 0.3) is 0 Å². The average Bonchev–Trinajstić information content (AvgIpc) is 3.17. The first kappa shape index (κ1) is 21.4. The van der Waals surface area contributed by atoms with Crippen LogP contribution in [0.1, 0.15) is 23.1 Å². The van der Waals surface area contributed by atoms with E-state index in [4.69, 9.17) is 4.74 Å². The third-order valence-corrected chi connectivity index (χ3v) is 6.47. The van der Waals surface area contributed by atoms with E-state index in [1.54, 1.807) is 9.80 Å². The molecule has 0 radical (unpaired) electrons. The number of anilines is 2. The van der Waals surface area contributed by atoms with Crippen molar-refractivity contribution in [1.82, 2.24) is 4.90 Å². The number of amides is 2. The Morgan fingerprint density at radius 2 is 1.77 bits per heavy atom. The molecule has 2 aliphatic heterocycles. The zero-order valence-electron chi connectivity index (χ0n) is 18.6. The molecule has 6 heteroatoms. The number of rotatable bonds is 5. The highest BCUT2D eigenvalue weighted by Gasteiger charge is 2.37. The molecule has 0 N–H and O–H groups in total. The molecule has 1 unspecified atom stereocenters. The van der Waals surface area contributed by atoms with Crippen molar-refractivity contribution in [3.63, 3.8) is 0 Å². The molecular formula is C25H31N3O3. The summed E-state index contributed by atoms with van der Waals surface area (Å²) in [5, 5.41) is 0. The van der Waals surface area contributed by atoms with Crippen LogP contribution in [0.4, 0.5) is 11.4 Å². The molecule has 2 aromatic carbocycles. The summed E-state index contributed by atoms with van der Waals surface area (Å²) < 4.78 is 5.48. The van der Waals surface area contributed by atoms with Crippen LogP contribution in [0.5, 0.6) is 0 Å². The number of nitrogens with zero attached hydrogens (tertiary/aromatic N) is 3. The minimum Gasteiger partial charge on any atom is -0.378 e. The van der Waals surface area contributed by atoms with Crippen molar-refractivity contribution < 1.29 is 14.3 Å². The van der Waals surface area contributed by atoms with Crippen LogP contribution in [-0.2, 0) is 20.9 Å². The Bertz CT molecular complexity index is 968. The smallest absolute Gasteiger partial charge is 0.228 e. The summed E-state index contributed by atoms with van der Waals surface area (Å²) in [7, 11) is 1.84. The van der Waals surface area contributed by atoms with Crippen LogP contribution < -0.4 is 9.80 Å². The molecule has 2 amide bonds. The predicted octanol–water partition coefficient (Wildman–Crippen LogP) is 3.15. The second kappa shape index (κ2) is 9.10. The molecule has 2 heterocycles. The van der Waals surface area contributed by atoms with Gasteiger partial charge in [-0.05, 0) is 42.7 Å². The van der Waals surface area contributed by atoms with Crippen LogP contribution in [0.3, 0.4) is 0 Å². The quantitative estimate of drug-likeness (QED) is 0.744. The first-order chi connectivity index (χ1) is 15.0. The number of carbonyl (C=O) groups excluding carboxylic acids is 2. The highest BCUT2D eigenvalue weighted by molar-refractivity contribution is 6.00. The summed E-state index contributed by atoms with van der Waals surface area (Å²) in [5.41, 5.74) is 5.44. The molecule has 4 rings (SSSR count). The Labute approximate surface area is 184 Å². The van der Waals surface area contributed by atoms with Crippen molar-refractivity contribution in [2.75, 3.05) is 49.7 Å². The predicted molar refractivity (Wildman–Crippen MR) is 122 cm³/mol. The third kappa shape index (κ3) is 4.44. The van der Waals surface area contributed by atoms with Crippen molar-refractivity contribution in [3.05, 3.63) is 59.2 Å². The second-order valence-corrected chi connectivity index (χ2v) is 8.55. The van der Waals surface area contributed by atoms with Gasteiger partial charge in [0, 0.05) is 51.0 Å². The van der Waals surface area contributed by atoms with Crippen molar-refractivity contribution in [2.45, 2.75) is 26.8 Å². The standard InChI is InChI=1S/C25H31N3O3/c1-18-7-6-10-22(19(18)2)28-17-21(15-24(28)29)25(30)26(3)16-20-8-4-5-9-23(20)27-11-13-31-14-12-27/h4-10,21H,11-17H2,1-3H3. The van der Waals surface area contributed by atoms with Gasteiger partial charge in [0.05, 0.1) is 19.1 Å². The zero-order chi connectivity index (χ0) is 22.0. The number of carbonyl (C=O) groups is 2. The lowest BCUT2D eigenvalue weighted by Crippen LogP contribution is -2.38. The molecule has 0 saturated carbocycles. The minimum absolute atomic E-state index is 0.0224. The van der Waals surface area contributed by atoms with E-state index in [1.807, 2.05) is 51.2 Å². The highest BCUT2D eigenvalue weighted by atomic mass is 16.5. The minimum atomic E-state index is -0.312. The Balaban J connectivity index is 1.46. The first-order valence-corrected chi connectivity index (χ1v) is 11.0. The van der Waals surface area contributed by atoms with Gasteiger partial charge in [0.15, 0.2) is 0 Å². The van der Waals surface area contributed by atoms with Gasteiger partial charge in [-0.1, -0.05) is 30.3 Å². The molecule has 2 aromatic rings. The van der Waals surface area contributed by atoms with Crippen molar-refractivity contribution >= 4 is 23.2 Å². The monoisotopic (exact) mass is 421 g/mol. The van der Waals surface area contributed by atoms with Crippen LogP contribution in [0.2, 0.25) is 0 Å². The third-order valence-electron chi connectivity index (χ3n) is 6.47. The van der Waals surface area contributed by atoms with E-state index >= 15 is 0 Å². The average molecular weight is 422 g/mol. The van der Waals surface area contributed by atoms with E-state index in [2.05, 4.69) is 17.0 Å². The molecule has 1 atom stereocenters. The maximum atomic E-state index is 13.2. The number of hydrogen-bond acceptors (Lipinski definition) is 4. The summed E-state index contributed by atoms with van der Waals surface area (Å²) in [4.78, 5) is 31.8. The van der Waals surface area contributed by atoms with Gasteiger partial charge < -0.3 is 19.4 Å². The summed E-state index contributed by atoms with van der Waals surface area (Å²) in [6, 6.07) is 14.2. The maximum Gasteiger partial charge on any atom is 0.228 e. The lowest BCUT2D eigenvalue weighted by Gasteiger charge is -2.31. The second-order valence-electron chi connectivity index (χ2n) is 8.55. The van der Waals surface area contributed by atoms with Gasteiger partial charge >= 0.3 is 0 Å². The maximum absolute atomic E-state index is 13.2. The summed E-state index contributed by atoms with van der Waals surface area (Å²) in [6.45, 7) is 8.21.